The minimum atomic E-state index is -3.93. The van der Waals surface area contributed by atoms with Crippen molar-refractivity contribution in [3.63, 3.8) is 0 Å². The molecule has 4 rings (SSSR count). The first kappa shape index (κ1) is 38.0. The van der Waals surface area contributed by atoms with Gasteiger partial charge in [-0.05, 0) is 52.2 Å². The monoisotopic (exact) mass is 731 g/mol. The Hall–Kier alpha value is -2.45. The van der Waals surface area contributed by atoms with Crippen molar-refractivity contribution in [3.05, 3.63) is 34.6 Å². The lowest BCUT2D eigenvalue weighted by Gasteiger charge is -2.36. The number of alkyl halides is 2. The molecule has 4 heterocycles. The minimum absolute atomic E-state index is 0.00498. The van der Waals surface area contributed by atoms with E-state index in [2.05, 4.69) is 15.3 Å². The number of hydrogen-bond donors (Lipinski definition) is 3. The smallest absolute Gasteiger partial charge is 0.239 e. The van der Waals surface area contributed by atoms with Crippen LogP contribution in [0.25, 0.3) is 0 Å². The maximum atomic E-state index is 14.9. The SMILES string of the molecule is CN(C)CC(=O)N1CCC(F)(COc2ncc(S(N)(=O)=O)cc2Cl)CC1.NS(=O)(=O)c1cnc(OCC2(F)CCNCC2)c(Cl)c1. The molecule has 2 aromatic heterocycles. The molecule has 2 aliphatic rings. The molecule has 20 heteroatoms. The highest BCUT2D eigenvalue weighted by molar-refractivity contribution is 7.89. The molecule has 2 aromatic rings. The molecule has 0 bridgehead atoms. The number of piperidine rings is 2. The summed E-state index contributed by atoms with van der Waals surface area (Å²) in [5, 5.41) is 12.9. The average Bonchev–Trinajstić information content (AvgIpc) is 2.95. The van der Waals surface area contributed by atoms with Crippen molar-refractivity contribution in [2.75, 3.05) is 60.0 Å². The molecule has 0 atom stereocenters. The number of likely N-dealkylation sites (tertiary alicyclic amines) is 1. The number of pyridine rings is 2. The lowest BCUT2D eigenvalue weighted by molar-refractivity contribution is -0.134. The van der Waals surface area contributed by atoms with E-state index in [0.717, 1.165) is 24.5 Å². The molecular weight excluding hydrogens is 695 g/mol. The number of halogens is 4. The van der Waals surface area contributed by atoms with Crippen molar-refractivity contribution in [2.24, 2.45) is 10.3 Å². The fourth-order valence-corrected chi connectivity index (χ4v) is 5.96. The van der Waals surface area contributed by atoms with E-state index in [9.17, 15) is 30.4 Å². The Morgan fingerprint density at radius 3 is 1.67 bits per heavy atom. The number of nitrogens with one attached hydrogen (secondary N) is 1. The molecule has 5 N–H and O–H groups in total. The van der Waals surface area contributed by atoms with Crippen molar-refractivity contribution in [1.29, 1.82) is 0 Å². The molecular formula is C26H37Cl2F2N7O7S2. The number of sulfonamides is 2. The van der Waals surface area contributed by atoms with E-state index < -0.39 is 31.4 Å². The van der Waals surface area contributed by atoms with Gasteiger partial charge in [-0.25, -0.2) is 45.9 Å². The van der Waals surface area contributed by atoms with E-state index in [0.29, 0.717) is 39.0 Å². The minimum Gasteiger partial charge on any atom is -0.473 e. The van der Waals surface area contributed by atoms with Crippen LogP contribution < -0.4 is 25.1 Å². The fraction of sp³-hybridized carbons (Fsp3) is 0.577. The summed E-state index contributed by atoms with van der Waals surface area (Å²) in [7, 11) is -4.21. The van der Waals surface area contributed by atoms with Gasteiger partial charge in [0, 0.05) is 25.9 Å². The van der Waals surface area contributed by atoms with E-state index in [1.54, 1.807) is 23.9 Å². The van der Waals surface area contributed by atoms with Crippen LogP contribution in [0.5, 0.6) is 11.8 Å². The van der Waals surface area contributed by atoms with Crippen molar-refractivity contribution < 1.29 is 39.9 Å². The number of nitrogens with two attached hydrogens (primary N) is 2. The average molecular weight is 733 g/mol. The van der Waals surface area contributed by atoms with E-state index >= 15 is 0 Å². The molecule has 46 heavy (non-hydrogen) atoms. The predicted octanol–water partition coefficient (Wildman–Crippen LogP) is 1.51. The summed E-state index contributed by atoms with van der Waals surface area (Å²) in [4.78, 5) is 22.5. The van der Waals surface area contributed by atoms with E-state index in [4.69, 9.17) is 43.0 Å². The zero-order valence-corrected chi connectivity index (χ0v) is 28.4. The van der Waals surface area contributed by atoms with E-state index in [1.165, 1.54) is 0 Å². The van der Waals surface area contributed by atoms with Gasteiger partial charge in [-0.15, -0.1) is 0 Å². The van der Waals surface area contributed by atoms with Gasteiger partial charge in [0.05, 0.1) is 18.9 Å². The van der Waals surface area contributed by atoms with Gasteiger partial charge in [0.1, 0.15) is 44.4 Å². The van der Waals surface area contributed by atoms with Crippen LogP contribution in [0.1, 0.15) is 25.7 Å². The molecule has 14 nitrogen and oxygen atoms in total. The lowest BCUT2D eigenvalue weighted by atomic mass is 9.94. The summed E-state index contributed by atoms with van der Waals surface area (Å²) in [6.07, 6.45) is 3.01. The Balaban J connectivity index is 0.000000259. The third kappa shape index (κ3) is 11.4. The number of carbonyl (C=O) groups is 1. The number of nitrogens with zero attached hydrogens (tertiary/aromatic N) is 4. The lowest BCUT2D eigenvalue weighted by Crippen LogP contribution is -2.49. The Morgan fingerprint density at radius 2 is 1.30 bits per heavy atom. The van der Waals surface area contributed by atoms with E-state index in [1.807, 2.05) is 0 Å². The van der Waals surface area contributed by atoms with Gasteiger partial charge in [-0.2, -0.15) is 0 Å². The van der Waals surface area contributed by atoms with Crippen molar-refractivity contribution in [3.8, 4) is 11.8 Å². The van der Waals surface area contributed by atoms with Crippen LogP contribution in [-0.4, -0.2) is 114 Å². The molecule has 2 saturated heterocycles. The van der Waals surface area contributed by atoms with Crippen LogP contribution >= 0.6 is 23.2 Å². The normalized spacial score (nSPS) is 18.0. The number of aromatic nitrogens is 2. The number of hydrogen-bond acceptors (Lipinski definition) is 11. The number of primary sulfonamides is 2. The molecule has 2 aliphatic heterocycles. The summed E-state index contributed by atoms with van der Waals surface area (Å²) < 4.78 is 84.6. The number of amides is 1. The molecule has 0 radical (unpaired) electrons. The maximum Gasteiger partial charge on any atom is 0.239 e. The molecule has 0 saturated carbocycles. The van der Waals surface area contributed by atoms with Gasteiger partial charge in [-0.1, -0.05) is 23.2 Å². The molecule has 0 aliphatic carbocycles. The van der Waals surface area contributed by atoms with Crippen molar-refractivity contribution in [2.45, 2.75) is 46.8 Å². The first-order valence-corrected chi connectivity index (χ1v) is 17.8. The zero-order valence-electron chi connectivity index (χ0n) is 25.2. The fourth-order valence-electron chi connectivity index (χ4n) is 4.43. The van der Waals surface area contributed by atoms with Gasteiger partial charge < -0.3 is 24.6 Å². The van der Waals surface area contributed by atoms with Crippen LogP contribution in [0, 0.1) is 0 Å². The Morgan fingerprint density at radius 1 is 0.891 bits per heavy atom. The molecule has 1 amide bonds. The largest absolute Gasteiger partial charge is 0.473 e. The molecule has 2 fully saturated rings. The zero-order chi connectivity index (χ0) is 34.3. The van der Waals surface area contributed by atoms with Crippen LogP contribution in [0.15, 0.2) is 34.3 Å². The van der Waals surface area contributed by atoms with Gasteiger partial charge in [-0.3, -0.25) is 4.79 Å². The standard InChI is InChI=1S/C15H22ClFN4O4S.C11H15ClFN3O3S/c1-20(2)9-13(22)21-5-3-15(17,4-6-21)10-25-14-12(16)7-11(8-19-14)26(18,23)24;12-9-5-8(20(14,17)18)6-16-10(9)19-7-11(13)1-3-15-4-2-11/h7-8H,3-6,9-10H2,1-2H3,(H2,18,23,24);5-6,15H,1-4,7H2,(H2,14,17,18). The topological polar surface area (TPSA) is 200 Å². The Bertz CT molecular complexity index is 1590. The summed E-state index contributed by atoms with van der Waals surface area (Å²) in [6, 6.07) is 2.24. The third-order valence-electron chi connectivity index (χ3n) is 7.12. The Kier molecular flexibility index (Phi) is 12.9. The van der Waals surface area contributed by atoms with Crippen LogP contribution in [0.3, 0.4) is 0 Å². The highest BCUT2D eigenvalue weighted by Gasteiger charge is 2.37. The maximum absolute atomic E-state index is 14.9. The highest BCUT2D eigenvalue weighted by atomic mass is 35.5. The predicted molar refractivity (Wildman–Crippen MR) is 166 cm³/mol. The van der Waals surface area contributed by atoms with Crippen molar-refractivity contribution in [1.82, 2.24) is 25.1 Å². The molecule has 258 valence electrons. The Labute approximate surface area is 276 Å². The van der Waals surface area contributed by atoms with Crippen LogP contribution in [0.4, 0.5) is 8.78 Å². The number of likely N-dealkylation sites (N-methyl/N-ethyl adjacent to an activating group) is 1. The first-order chi connectivity index (χ1) is 21.3. The summed E-state index contributed by atoms with van der Waals surface area (Å²) in [5.74, 6) is -0.113. The molecule has 0 spiro atoms. The van der Waals surface area contributed by atoms with Crippen LogP contribution in [-0.2, 0) is 24.8 Å². The summed E-state index contributed by atoms with van der Waals surface area (Å²) in [5.41, 5.74) is -3.03. The highest BCUT2D eigenvalue weighted by Crippen LogP contribution is 2.31. The van der Waals surface area contributed by atoms with Gasteiger partial charge >= 0.3 is 0 Å². The molecule has 0 unspecified atom stereocenters. The number of carbonyl (C=O) groups excluding carboxylic acids is 1. The summed E-state index contributed by atoms with van der Waals surface area (Å²) in [6.45, 7) is 1.61. The third-order valence-corrected chi connectivity index (χ3v) is 9.42. The van der Waals surface area contributed by atoms with Crippen LogP contribution in [0.2, 0.25) is 10.0 Å². The second kappa shape index (κ2) is 15.6. The molecule has 0 aromatic carbocycles. The van der Waals surface area contributed by atoms with Gasteiger partial charge in [0.25, 0.3) is 0 Å². The number of rotatable bonds is 10. The first-order valence-electron chi connectivity index (χ1n) is 13.9. The van der Waals surface area contributed by atoms with Gasteiger partial charge in [0.15, 0.2) is 0 Å². The second-order valence-electron chi connectivity index (χ2n) is 11.3. The summed E-state index contributed by atoms with van der Waals surface area (Å²) >= 11 is 11.8. The van der Waals surface area contributed by atoms with Crippen molar-refractivity contribution >= 4 is 49.2 Å². The quantitative estimate of drug-likeness (QED) is 0.320. The van der Waals surface area contributed by atoms with Gasteiger partial charge in [0.2, 0.25) is 37.7 Å². The second-order valence-corrected chi connectivity index (χ2v) is 15.2. The number of ether oxygens (including phenoxy) is 2. The van der Waals surface area contributed by atoms with E-state index in [-0.39, 0.29) is 70.1 Å².